The lowest BCUT2D eigenvalue weighted by Crippen LogP contribution is -2.29. The van der Waals surface area contributed by atoms with Gasteiger partial charge in [-0.2, -0.15) is 0 Å². The third-order valence-electron chi connectivity index (χ3n) is 3.60. The van der Waals surface area contributed by atoms with E-state index in [0.29, 0.717) is 30.6 Å². The summed E-state index contributed by atoms with van der Waals surface area (Å²) >= 11 is 3.05. The number of nitrogen functional groups attached to an aromatic ring is 1. The number of nitrogens with two attached hydrogens (primary N) is 1. The second kappa shape index (κ2) is 4.88. The summed E-state index contributed by atoms with van der Waals surface area (Å²) in [6.07, 6.45) is 0. The van der Waals surface area contributed by atoms with Gasteiger partial charge >= 0.3 is 0 Å². The first-order valence-electron chi connectivity index (χ1n) is 5.94. The molecule has 2 unspecified atom stereocenters. The van der Waals surface area contributed by atoms with Crippen LogP contribution in [0.2, 0.25) is 0 Å². The lowest BCUT2D eigenvalue weighted by atomic mass is 10.0. The molecule has 0 aromatic heterocycles. The molecule has 2 N–H and O–H groups in total. The number of amides is 1. The minimum atomic E-state index is -0.465. The number of rotatable bonds is 1. The normalized spacial score (nSPS) is 23.4. The van der Waals surface area contributed by atoms with E-state index in [1.54, 1.807) is 4.90 Å². The molecular weight excluding hydrogens is 299 g/mol. The highest BCUT2D eigenvalue weighted by molar-refractivity contribution is 9.10. The summed E-state index contributed by atoms with van der Waals surface area (Å²) in [7, 11) is 0. The molecule has 1 fully saturated rings. The van der Waals surface area contributed by atoms with E-state index in [1.165, 1.54) is 12.1 Å². The number of likely N-dealkylation sites (tertiary alicyclic amines) is 1. The molecule has 1 aromatic carbocycles. The molecule has 1 amide bonds. The van der Waals surface area contributed by atoms with Crippen LogP contribution in [0, 0.1) is 17.7 Å². The standard InChI is InChI=1S/C13H16BrFN2O/c1-7-5-17(6-8(7)2)13(18)9-3-11(15)10(14)4-12(9)16/h3-4,7-8H,5-6,16H2,1-2H3. The number of carbonyl (C=O) groups excluding carboxylic acids is 1. The minimum Gasteiger partial charge on any atom is -0.398 e. The van der Waals surface area contributed by atoms with Gasteiger partial charge in [0.15, 0.2) is 0 Å². The van der Waals surface area contributed by atoms with E-state index in [1.807, 2.05) is 0 Å². The SMILES string of the molecule is CC1CN(C(=O)c2cc(F)c(Br)cc2N)CC1C. The van der Waals surface area contributed by atoms with Gasteiger partial charge in [-0.15, -0.1) is 0 Å². The Hall–Kier alpha value is -1.10. The Morgan fingerprint density at radius 3 is 2.50 bits per heavy atom. The van der Waals surface area contributed by atoms with Gasteiger partial charge in [-0.1, -0.05) is 13.8 Å². The van der Waals surface area contributed by atoms with E-state index in [9.17, 15) is 9.18 Å². The van der Waals surface area contributed by atoms with Crippen molar-refractivity contribution >= 4 is 27.5 Å². The van der Waals surface area contributed by atoms with E-state index >= 15 is 0 Å². The Kier molecular flexibility index (Phi) is 3.61. The Balaban J connectivity index is 2.27. The summed E-state index contributed by atoms with van der Waals surface area (Å²) in [4.78, 5) is 14.0. The molecule has 98 valence electrons. The highest BCUT2D eigenvalue weighted by atomic mass is 79.9. The van der Waals surface area contributed by atoms with Gasteiger partial charge < -0.3 is 10.6 Å². The van der Waals surface area contributed by atoms with Crippen molar-refractivity contribution in [1.29, 1.82) is 0 Å². The van der Waals surface area contributed by atoms with Gasteiger partial charge in [-0.05, 0) is 39.9 Å². The molecule has 0 saturated carbocycles. The lowest BCUT2D eigenvalue weighted by molar-refractivity contribution is 0.0785. The molecule has 1 heterocycles. The fourth-order valence-electron chi connectivity index (χ4n) is 2.21. The molecule has 0 spiro atoms. The Morgan fingerprint density at radius 1 is 1.39 bits per heavy atom. The van der Waals surface area contributed by atoms with Crippen molar-refractivity contribution in [2.24, 2.45) is 11.8 Å². The molecule has 1 aromatic rings. The molecule has 18 heavy (non-hydrogen) atoms. The Labute approximate surface area is 114 Å². The molecule has 3 nitrogen and oxygen atoms in total. The average Bonchev–Trinajstić information content (AvgIpc) is 2.63. The summed E-state index contributed by atoms with van der Waals surface area (Å²) in [5.41, 5.74) is 6.34. The molecule has 2 rings (SSSR count). The Morgan fingerprint density at radius 2 is 1.94 bits per heavy atom. The van der Waals surface area contributed by atoms with Crippen LogP contribution in [0.25, 0.3) is 0 Å². The maximum Gasteiger partial charge on any atom is 0.256 e. The monoisotopic (exact) mass is 314 g/mol. The summed E-state index contributed by atoms with van der Waals surface area (Å²) in [6, 6.07) is 2.64. The van der Waals surface area contributed by atoms with Crippen LogP contribution in [-0.2, 0) is 0 Å². The van der Waals surface area contributed by atoms with Crippen LogP contribution in [-0.4, -0.2) is 23.9 Å². The number of carbonyl (C=O) groups is 1. The number of nitrogens with zero attached hydrogens (tertiary/aromatic N) is 1. The molecule has 1 aliphatic rings. The number of hydrogen-bond acceptors (Lipinski definition) is 2. The second-order valence-corrected chi connectivity index (χ2v) is 5.87. The van der Waals surface area contributed by atoms with Gasteiger partial charge in [0, 0.05) is 18.8 Å². The van der Waals surface area contributed by atoms with E-state index in [0.717, 1.165) is 0 Å². The molecule has 2 atom stereocenters. The third-order valence-corrected chi connectivity index (χ3v) is 4.21. The van der Waals surface area contributed by atoms with Gasteiger partial charge in [0.25, 0.3) is 5.91 Å². The molecule has 1 aliphatic heterocycles. The smallest absolute Gasteiger partial charge is 0.256 e. The summed E-state index contributed by atoms with van der Waals surface area (Å²) < 4.78 is 13.8. The maximum absolute atomic E-state index is 13.5. The minimum absolute atomic E-state index is 0.185. The highest BCUT2D eigenvalue weighted by Crippen LogP contribution is 2.27. The van der Waals surface area contributed by atoms with Crippen molar-refractivity contribution in [2.75, 3.05) is 18.8 Å². The van der Waals surface area contributed by atoms with Crippen LogP contribution in [0.15, 0.2) is 16.6 Å². The van der Waals surface area contributed by atoms with Crippen molar-refractivity contribution < 1.29 is 9.18 Å². The van der Waals surface area contributed by atoms with Crippen molar-refractivity contribution in [3.8, 4) is 0 Å². The zero-order valence-electron chi connectivity index (χ0n) is 10.4. The molecule has 0 radical (unpaired) electrons. The van der Waals surface area contributed by atoms with Crippen molar-refractivity contribution in [3.63, 3.8) is 0 Å². The van der Waals surface area contributed by atoms with E-state index in [-0.39, 0.29) is 15.9 Å². The number of benzene rings is 1. The molecule has 0 bridgehead atoms. The fraction of sp³-hybridized carbons (Fsp3) is 0.462. The second-order valence-electron chi connectivity index (χ2n) is 5.02. The molecular formula is C13H16BrFN2O. The number of anilines is 1. The quantitative estimate of drug-likeness (QED) is 0.810. The first-order chi connectivity index (χ1) is 8.40. The predicted molar refractivity (Wildman–Crippen MR) is 72.7 cm³/mol. The predicted octanol–water partition coefficient (Wildman–Crippen LogP) is 2.90. The van der Waals surface area contributed by atoms with E-state index < -0.39 is 5.82 Å². The average molecular weight is 315 g/mol. The third kappa shape index (κ3) is 2.36. The Bertz CT molecular complexity index is 482. The zero-order valence-corrected chi connectivity index (χ0v) is 12.0. The van der Waals surface area contributed by atoms with Crippen LogP contribution in [0.5, 0.6) is 0 Å². The summed E-state index contributed by atoms with van der Waals surface area (Å²) in [6.45, 7) is 5.64. The first kappa shape index (κ1) is 13.3. The fourth-order valence-corrected chi connectivity index (χ4v) is 2.57. The van der Waals surface area contributed by atoms with Gasteiger partial charge in [0.2, 0.25) is 0 Å². The van der Waals surface area contributed by atoms with Crippen LogP contribution in [0.4, 0.5) is 10.1 Å². The van der Waals surface area contributed by atoms with Crippen LogP contribution in [0.1, 0.15) is 24.2 Å². The largest absolute Gasteiger partial charge is 0.398 e. The topological polar surface area (TPSA) is 46.3 Å². The lowest BCUT2D eigenvalue weighted by Gasteiger charge is -2.17. The van der Waals surface area contributed by atoms with Gasteiger partial charge in [-0.3, -0.25) is 4.79 Å². The summed E-state index contributed by atoms with van der Waals surface area (Å²) in [5, 5.41) is 0. The zero-order chi connectivity index (χ0) is 13.4. The van der Waals surface area contributed by atoms with Crippen LogP contribution < -0.4 is 5.73 Å². The molecule has 5 heteroatoms. The molecule has 1 saturated heterocycles. The van der Waals surface area contributed by atoms with Gasteiger partial charge in [0.05, 0.1) is 10.0 Å². The van der Waals surface area contributed by atoms with Gasteiger partial charge in [0.1, 0.15) is 5.82 Å². The van der Waals surface area contributed by atoms with E-state index in [2.05, 4.69) is 29.8 Å². The number of halogens is 2. The van der Waals surface area contributed by atoms with Crippen molar-refractivity contribution in [3.05, 3.63) is 28.0 Å². The van der Waals surface area contributed by atoms with Crippen LogP contribution in [0.3, 0.4) is 0 Å². The first-order valence-corrected chi connectivity index (χ1v) is 6.73. The summed E-state index contributed by atoms with van der Waals surface area (Å²) in [5.74, 6) is 0.286. The van der Waals surface area contributed by atoms with Crippen LogP contribution >= 0.6 is 15.9 Å². The molecule has 0 aliphatic carbocycles. The van der Waals surface area contributed by atoms with Gasteiger partial charge in [-0.25, -0.2) is 4.39 Å². The van der Waals surface area contributed by atoms with Crippen molar-refractivity contribution in [1.82, 2.24) is 4.90 Å². The van der Waals surface area contributed by atoms with E-state index in [4.69, 9.17) is 5.73 Å². The maximum atomic E-state index is 13.5. The van der Waals surface area contributed by atoms with Crippen molar-refractivity contribution in [2.45, 2.75) is 13.8 Å². The highest BCUT2D eigenvalue weighted by Gasteiger charge is 2.30. The number of hydrogen-bond donors (Lipinski definition) is 1.